The molecule has 0 aliphatic carbocycles. The Hall–Kier alpha value is -0.570. The summed E-state index contributed by atoms with van der Waals surface area (Å²) in [5.74, 6) is 1.66. The summed E-state index contributed by atoms with van der Waals surface area (Å²) in [7, 11) is 1.90. The summed E-state index contributed by atoms with van der Waals surface area (Å²) in [6, 6.07) is 0. The molecule has 0 spiro atoms. The van der Waals surface area contributed by atoms with Gasteiger partial charge in [-0.15, -0.1) is 0 Å². The van der Waals surface area contributed by atoms with E-state index in [9.17, 15) is 4.79 Å². The molecule has 1 amide bonds. The fourth-order valence-electron chi connectivity index (χ4n) is 2.07. The Morgan fingerprint density at radius 1 is 1.45 bits per heavy atom. The van der Waals surface area contributed by atoms with E-state index in [-0.39, 0.29) is 0 Å². The summed E-state index contributed by atoms with van der Waals surface area (Å²) in [5, 5.41) is 3.33. The summed E-state index contributed by atoms with van der Waals surface area (Å²) in [5.41, 5.74) is 0. The molecule has 2 aliphatic heterocycles. The molecule has 2 aliphatic rings. The zero-order chi connectivity index (χ0) is 7.84. The lowest BCUT2D eigenvalue weighted by molar-refractivity contribution is -0.134. The molecular weight excluding hydrogens is 140 g/mol. The van der Waals surface area contributed by atoms with Crippen molar-refractivity contribution in [3.05, 3.63) is 0 Å². The fourth-order valence-corrected chi connectivity index (χ4v) is 2.07. The third-order valence-corrected chi connectivity index (χ3v) is 2.85. The van der Waals surface area contributed by atoms with Gasteiger partial charge in [-0.3, -0.25) is 4.79 Å². The first kappa shape index (κ1) is 7.10. The Kier molecular flexibility index (Phi) is 1.60. The second-order valence-electron chi connectivity index (χ2n) is 3.66. The van der Waals surface area contributed by atoms with Crippen LogP contribution in [0.3, 0.4) is 0 Å². The van der Waals surface area contributed by atoms with Crippen LogP contribution in [-0.4, -0.2) is 37.5 Å². The lowest BCUT2D eigenvalue weighted by Gasteiger charge is -2.31. The van der Waals surface area contributed by atoms with Crippen molar-refractivity contribution in [2.75, 3.05) is 26.7 Å². The average molecular weight is 154 g/mol. The minimum atomic E-state index is 0.315. The van der Waals surface area contributed by atoms with Gasteiger partial charge in [-0.05, 0) is 24.9 Å². The molecule has 2 unspecified atom stereocenters. The van der Waals surface area contributed by atoms with Gasteiger partial charge in [0.25, 0.3) is 0 Å². The maximum absolute atomic E-state index is 11.2. The second kappa shape index (κ2) is 2.48. The third kappa shape index (κ3) is 1.13. The van der Waals surface area contributed by atoms with Gasteiger partial charge in [-0.2, -0.15) is 0 Å². The van der Waals surface area contributed by atoms with Crippen LogP contribution in [-0.2, 0) is 4.79 Å². The number of hydrogen-bond acceptors (Lipinski definition) is 2. The van der Waals surface area contributed by atoms with Crippen molar-refractivity contribution in [1.29, 1.82) is 0 Å². The van der Waals surface area contributed by atoms with Gasteiger partial charge < -0.3 is 10.2 Å². The van der Waals surface area contributed by atoms with Crippen LogP contribution in [0.2, 0.25) is 0 Å². The number of amides is 1. The van der Waals surface area contributed by atoms with E-state index in [0.717, 1.165) is 32.0 Å². The highest BCUT2D eigenvalue weighted by atomic mass is 16.2. The standard InChI is InChI=1S/C8H14N2O/c1-10-5-7-4-9-3-6(7)2-8(10)11/h6-7,9H,2-5H2,1H3. The van der Waals surface area contributed by atoms with Crippen molar-refractivity contribution in [3.8, 4) is 0 Å². The van der Waals surface area contributed by atoms with Gasteiger partial charge in [0.1, 0.15) is 0 Å². The predicted octanol–water partition coefficient (Wildman–Crippen LogP) is -0.316. The smallest absolute Gasteiger partial charge is 0.222 e. The molecule has 2 saturated heterocycles. The molecular formula is C8H14N2O. The van der Waals surface area contributed by atoms with Crippen molar-refractivity contribution in [1.82, 2.24) is 10.2 Å². The van der Waals surface area contributed by atoms with Gasteiger partial charge in [0.15, 0.2) is 0 Å². The van der Waals surface area contributed by atoms with Crippen LogP contribution < -0.4 is 5.32 Å². The topological polar surface area (TPSA) is 32.3 Å². The number of nitrogens with one attached hydrogen (secondary N) is 1. The van der Waals surface area contributed by atoms with Gasteiger partial charge in [-0.1, -0.05) is 0 Å². The van der Waals surface area contributed by atoms with Crippen molar-refractivity contribution in [3.63, 3.8) is 0 Å². The van der Waals surface area contributed by atoms with Crippen LogP contribution in [0.25, 0.3) is 0 Å². The molecule has 0 aromatic heterocycles. The molecule has 0 aromatic rings. The van der Waals surface area contributed by atoms with Crippen LogP contribution in [0.1, 0.15) is 6.42 Å². The first-order valence-electron chi connectivity index (χ1n) is 4.22. The molecule has 0 aromatic carbocycles. The highest BCUT2D eigenvalue weighted by molar-refractivity contribution is 5.77. The third-order valence-electron chi connectivity index (χ3n) is 2.85. The molecule has 0 radical (unpaired) electrons. The number of rotatable bonds is 0. The highest BCUT2D eigenvalue weighted by Gasteiger charge is 2.35. The van der Waals surface area contributed by atoms with E-state index in [2.05, 4.69) is 5.32 Å². The molecule has 3 nitrogen and oxygen atoms in total. The highest BCUT2D eigenvalue weighted by Crippen LogP contribution is 2.26. The quantitative estimate of drug-likeness (QED) is 0.519. The first-order valence-corrected chi connectivity index (χ1v) is 4.22. The molecule has 2 fully saturated rings. The Balaban J connectivity index is 2.06. The molecule has 3 heteroatoms. The van der Waals surface area contributed by atoms with Gasteiger partial charge in [0.2, 0.25) is 5.91 Å². The minimum Gasteiger partial charge on any atom is -0.345 e. The zero-order valence-corrected chi connectivity index (χ0v) is 6.84. The van der Waals surface area contributed by atoms with Crippen LogP contribution in [0.4, 0.5) is 0 Å². The SMILES string of the molecule is CN1CC2CNCC2CC1=O. The summed E-state index contributed by atoms with van der Waals surface area (Å²) >= 11 is 0. The summed E-state index contributed by atoms with van der Waals surface area (Å²) in [4.78, 5) is 13.1. The number of carbonyl (C=O) groups is 1. The number of nitrogens with zero attached hydrogens (tertiary/aromatic N) is 1. The Morgan fingerprint density at radius 3 is 3.00 bits per heavy atom. The van der Waals surface area contributed by atoms with Crippen LogP contribution in [0.15, 0.2) is 0 Å². The van der Waals surface area contributed by atoms with Crippen molar-refractivity contribution in [2.24, 2.45) is 11.8 Å². The van der Waals surface area contributed by atoms with Crippen LogP contribution in [0, 0.1) is 11.8 Å². The molecule has 11 heavy (non-hydrogen) atoms. The van der Waals surface area contributed by atoms with Crippen molar-refractivity contribution < 1.29 is 4.79 Å². The van der Waals surface area contributed by atoms with Crippen molar-refractivity contribution in [2.45, 2.75) is 6.42 Å². The number of piperidine rings is 1. The molecule has 2 rings (SSSR count). The largest absolute Gasteiger partial charge is 0.345 e. The van der Waals surface area contributed by atoms with Crippen LogP contribution in [0.5, 0.6) is 0 Å². The molecule has 2 atom stereocenters. The normalized spacial score (nSPS) is 37.5. The van der Waals surface area contributed by atoms with Gasteiger partial charge in [0, 0.05) is 20.0 Å². The number of hydrogen-bond donors (Lipinski definition) is 1. The van der Waals surface area contributed by atoms with E-state index in [1.165, 1.54) is 0 Å². The van der Waals surface area contributed by atoms with E-state index < -0.39 is 0 Å². The van der Waals surface area contributed by atoms with E-state index in [4.69, 9.17) is 0 Å². The van der Waals surface area contributed by atoms with Gasteiger partial charge in [-0.25, -0.2) is 0 Å². The molecule has 2 heterocycles. The summed E-state index contributed by atoms with van der Waals surface area (Å²) in [6.07, 6.45) is 0.758. The Morgan fingerprint density at radius 2 is 2.18 bits per heavy atom. The number of fused-ring (bicyclic) bond motifs is 1. The van der Waals surface area contributed by atoms with Crippen LogP contribution >= 0.6 is 0 Å². The predicted molar refractivity (Wildman–Crippen MR) is 42.1 cm³/mol. The number of carbonyl (C=O) groups excluding carboxylic acids is 1. The maximum atomic E-state index is 11.2. The van der Waals surface area contributed by atoms with E-state index in [1.54, 1.807) is 0 Å². The van der Waals surface area contributed by atoms with Gasteiger partial charge >= 0.3 is 0 Å². The minimum absolute atomic E-state index is 0.315. The zero-order valence-electron chi connectivity index (χ0n) is 6.84. The van der Waals surface area contributed by atoms with E-state index in [1.807, 2.05) is 11.9 Å². The summed E-state index contributed by atoms with van der Waals surface area (Å²) in [6.45, 7) is 3.10. The monoisotopic (exact) mass is 154 g/mol. The lowest BCUT2D eigenvalue weighted by Crippen LogP contribution is -2.41. The average Bonchev–Trinajstić information content (AvgIpc) is 2.36. The first-order chi connectivity index (χ1) is 5.27. The Labute approximate surface area is 66.8 Å². The van der Waals surface area contributed by atoms with Crippen molar-refractivity contribution >= 4 is 5.91 Å². The molecule has 1 N–H and O–H groups in total. The maximum Gasteiger partial charge on any atom is 0.222 e. The molecule has 0 saturated carbocycles. The van der Waals surface area contributed by atoms with Gasteiger partial charge in [0.05, 0.1) is 0 Å². The Bertz CT molecular complexity index is 181. The fraction of sp³-hybridized carbons (Fsp3) is 0.875. The van der Waals surface area contributed by atoms with E-state index in [0.29, 0.717) is 11.8 Å². The number of likely N-dealkylation sites (tertiary alicyclic amines) is 1. The second-order valence-corrected chi connectivity index (χ2v) is 3.66. The molecule has 62 valence electrons. The molecule has 0 bridgehead atoms. The van der Waals surface area contributed by atoms with E-state index >= 15 is 0 Å². The summed E-state index contributed by atoms with van der Waals surface area (Å²) < 4.78 is 0. The lowest BCUT2D eigenvalue weighted by atomic mass is 9.88.